The topological polar surface area (TPSA) is 74.6 Å². The zero-order valence-corrected chi connectivity index (χ0v) is 6.93. The largest absolute Gasteiger partial charge is 0.475 e. The third kappa shape index (κ3) is 2.83. The highest BCUT2D eigenvalue weighted by atomic mass is 16.4. The van der Waals surface area contributed by atoms with E-state index in [1.165, 1.54) is 0 Å². The summed E-state index contributed by atoms with van der Waals surface area (Å²) < 4.78 is 0. The first-order valence-corrected chi connectivity index (χ1v) is 3.93. The van der Waals surface area contributed by atoms with Gasteiger partial charge < -0.3 is 10.2 Å². The van der Waals surface area contributed by atoms with Crippen LogP contribution in [-0.4, -0.2) is 28.1 Å². The Morgan fingerprint density at radius 1 is 1.54 bits per heavy atom. The molecule has 0 heterocycles. The second-order valence-electron chi connectivity index (χ2n) is 2.85. The van der Waals surface area contributed by atoms with Gasteiger partial charge in [0.05, 0.1) is 6.10 Å². The molecule has 0 unspecified atom stereocenters. The number of allylic oxidation sites excluding steroid dienone is 2. The number of hydrogen-bond acceptors (Lipinski definition) is 3. The van der Waals surface area contributed by atoms with Crippen molar-refractivity contribution < 1.29 is 19.8 Å². The van der Waals surface area contributed by atoms with E-state index in [4.69, 9.17) is 10.2 Å². The molecule has 13 heavy (non-hydrogen) atoms. The van der Waals surface area contributed by atoms with Gasteiger partial charge in [0.1, 0.15) is 0 Å². The highest BCUT2D eigenvalue weighted by Crippen LogP contribution is 2.16. The van der Waals surface area contributed by atoms with Crippen LogP contribution in [0.2, 0.25) is 0 Å². The molecule has 1 rings (SSSR count). The van der Waals surface area contributed by atoms with E-state index >= 15 is 0 Å². The van der Waals surface area contributed by atoms with E-state index in [1.807, 2.05) is 0 Å². The zero-order chi connectivity index (χ0) is 9.84. The van der Waals surface area contributed by atoms with Crippen LogP contribution in [0, 0.1) is 0 Å². The van der Waals surface area contributed by atoms with Gasteiger partial charge in [-0.25, -0.2) is 4.79 Å². The molecule has 2 N–H and O–H groups in total. The summed E-state index contributed by atoms with van der Waals surface area (Å²) in [5.74, 6) is -2.37. The Morgan fingerprint density at radius 2 is 2.23 bits per heavy atom. The van der Waals surface area contributed by atoms with Gasteiger partial charge in [-0.05, 0) is 24.5 Å². The Hall–Kier alpha value is -1.42. The molecule has 0 amide bonds. The van der Waals surface area contributed by atoms with Gasteiger partial charge in [0.2, 0.25) is 0 Å². The summed E-state index contributed by atoms with van der Waals surface area (Å²) in [6, 6.07) is 0. The van der Waals surface area contributed by atoms with Crippen molar-refractivity contribution >= 4 is 11.8 Å². The summed E-state index contributed by atoms with van der Waals surface area (Å²) >= 11 is 0. The number of carbonyl (C=O) groups is 2. The maximum atomic E-state index is 10.7. The van der Waals surface area contributed by atoms with Crippen LogP contribution >= 0.6 is 0 Å². The minimum Gasteiger partial charge on any atom is -0.475 e. The fourth-order valence-corrected chi connectivity index (χ4v) is 1.08. The second-order valence-corrected chi connectivity index (χ2v) is 2.85. The molecule has 4 nitrogen and oxygen atoms in total. The van der Waals surface area contributed by atoms with Gasteiger partial charge in [-0.3, -0.25) is 4.79 Å². The lowest BCUT2D eigenvalue weighted by atomic mass is 9.99. The molecule has 0 aliphatic heterocycles. The summed E-state index contributed by atoms with van der Waals surface area (Å²) in [7, 11) is 0. The van der Waals surface area contributed by atoms with Gasteiger partial charge in [-0.1, -0.05) is 12.2 Å². The summed E-state index contributed by atoms with van der Waals surface area (Å²) in [5, 5.41) is 17.4. The number of rotatable bonds is 2. The van der Waals surface area contributed by atoms with Crippen molar-refractivity contribution in [1.29, 1.82) is 0 Å². The summed E-state index contributed by atoms with van der Waals surface area (Å²) in [4.78, 5) is 20.9. The van der Waals surface area contributed by atoms with Crippen molar-refractivity contribution in [3.05, 3.63) is 23.8 Å². The Labute approximate surface area is 75.2 Å². The van der Waals surface area contributed by atoms with E-state index < -0.39 is 17.9 Å². The monoisotopic (exact) mass is 182 g/mol. The van der Waals surface area contributed by atoms with Crippen LogP contribution in [0.5, 0.6) is 0 Å². The SMILES string of the molecule is O=C(O)C(=O)/C=C1/C=C[C@H](O)CC1. The number of aliphatic carboxylic acids is 1. The van der Waals surface area contributed by atoms with Crippen molar-refractivity contribution in [2.75, 3.05) is 0 Å². The van der Waals surface area contributed by atoms with E-state index in [0.29, 0.717) is 18.4 Å². The van der Waals surface area contributed by atoms with E-state index in [-0.39, 0.29) is 0 Å². The molecule has 0 bridgehead atoms. The molecule has 0 radical (unpaired) electrons. The molecule has 0 fully saturated rings. The molecular formula is C9H10O4. The molecule has 0 aromatic rings. The first-order chi connectivity index (χ1) is 6.09. The van der Waals surface area contributed by atoms with Crippen molar-refractivity contribution in [2.45, 2.75) is 18.9 Å². The molecular weight excluding hydrogens is 172 g/mol. The number of ketones is 1. The molecule has 70 valence electrons. The van der Waals surface area contributed by atoms with Crippen molar-refractivity contribution in [3.8, 4) is 0 Å². The van der Waals surface area contributed by atoms with Gasteiger partial charge in [-0.2, -0.15) is 0 Å². The molecule has 0 saturated carbocycles. The van der Waals surface area contributed by atoms with Gasteiger partial charge >= 0.3 is 5.97 Å². The van der Waals surface area contributed by atoms with Crippen LogP contribution in [0.25, 0.3) is 0 Å². The Kier molecular flexibility index (Phi) is 2.97. The molecule has 0 saturated heterocycles. The highest BCUT2D eigenvalue weighted by Gasteiger charge is 2.12. The lowest BCUT2D eigenvalue weighted by Gasteiger charge is -2.11. The second kappa shape index (κ2) is 4.00. The molecule has 0 spiro atoms. The molecule has 1 atom stereocenters. The summed E-state index contributed by atoms with van der Waals surface area (Å²) in [6.07, 6.45) is 4.81. The van der Waals surface area contributed by atoms with Gasteiger partial charge in [-0.15, -0.1) is 0 Å². The zero-order valence-electron chi connectivity index (χ0n) is 6.93. The molecule has 1 aliphatic rings. The fraction of sp³-hybridized carbons (Fsp3) is 0.333. The third-order valence-corrected chi connectivity index (χ3v) is 1.79. The highest BCUT2D eigenvalue weighted by molar-refractivity contribution is 6.37. The van der Waals surface area contributed by atoms with Crippen LogP contribution in [0.3, 0.4) is 0 Å². The standard InChI is InChI=1S/C9H10O4/c10-7-3-1-6(2-4-7)5-8(11)9(12)13/h1,3,5,7,10H,2,4H2,(H,12,13)/b6-5-/t7-/m0/s1. The van der Waals surface area contributed by atoms with Crippen molar-refractivity contribution in [2.24, 2.45) is 0 Å². The number of aliphatic hydroxyl groups is 1. The van der Waals surface area contributed by atoms with E-state index in [9.17, 15) is 9.59 Å². The molecule has 4 heteroatoms. The van der Waals surface area contributed by atoms with Crippen LogP contribution in [0.4, 0.5) is 0 Å². The van der Waals surface area contributed by atoms with Crippen LogP contribution in [0.15, 0.2) is 23.8 Å². The summed E-state index contributed by atoms with van der Waals surface area (Å²) in [6.45, 7) is 0. The van der Waals surface area contributed by atoms with Crippen LogP contribution in [0.1, 0.15) is 12.8 Å². The van der Waals surface area contributed by atoms with Gasteiger partial charge in [0, 0.05) is 0 Å². The number of hydrogen-bond donors (Lipinski definition) is 2. The van der Waals surface area contributed by atoms with Crippen molar-refractivity contribution in [3.63, 3.8) is 0 Å². The Morgan fingerprint density at radius 3 is 2.69 bits per heavy atom. The minimum absolute atomic E-state index is 0.475. The predicted molar refractivity (Wildman–Crippen MR) is 45.1 cm³/mol. The average molecular weight is 182 g/mol. The smallest absolute Gasteiger partial charge is 0.376 e. The van der Waals surface area contributed by atoms with Crippen LogP contribution < -0.4 is 0 Å². The van der Waals surface area contributed by atoms with E-state index in [0.717, 1.165) is 6.08 Å². The number of aliphatic hydroxyl groups excluding tert-OH is 1. The number of carbonyl (C=O) groups excluding carboxylic acids is 1. The number of carboxylic acid groups (broad SMARTS) is 1. The van der Waals surface area contributed by atoms with Crippen molar-refractivity contribution in [1.82, 2.24) is 0 Å². The predicted octanol–water partition coefficient (Wildman–Crippen LogP) is 0.277. The lowest BCUT2D eigenvalue weighted by Crippen LogP contribution is -2.12. The third-order valence-electron chi connectivity index (χ3n) is 1.79. The Bertz CT molecular complexity index is 288. The maximum Gasteiger partial charge on any atom is 0.376 e. The minimum atomic E-state index is -1.45. The fourth-order valence-electron chi connectivity index (χ4n) is 1.08. The first-order valence-electron chi connectivity index (χ1n) is 3.93. The quantitative estimate of drug-likeness (QED) is 0.475. The molecule has 1 aliphatic carbocycles. The normalized spacial score (nSPS) is 24.7. The number of carboxylic acids is 1. The molecule has 0 aromatic carbocycles. The summed E-state index contributed by atoms with van der Waals surface area (Å²) in [5.41, 5.74) is 0.651. The first kappa shape index (κ1) is 9.67. The maximum absolute atomic E-state index is 10.7. The lowest BCUT2D eigenvalue weighted by molar-refractivity contribution is -0.146. The Balaban J connectivity index is 2.68. The van der Waals surface area contributed by atoms with E-state index in [2.05, 4.69) is 0 Å². The van der Waals surface area contributed by atoms with Gasteiger partial charge in [0.15, 0.2) is 0 Å². The van der Waals surface area contributed by atoms with Crippen LogP contribution in [-0.2, 0) is 9.59 Å². The van der Waals surface area contributed by atoms with E-state index in [1.54, 1.807) is 12.2 Å². The average Bonchev–Trinajstić information content (AvgIpc) is 2.08. The van der Waals surface area contributed by atoms with Gasteiger partial charge in [0.25, 0.3) is 5.78 Å². The molecule has 0 aromatic heterocycles.